The van der Waals surface area contributed by atoms with Crippen LogP contribution in [-0.2, 0) is 11.3 Å². The van der Waals surface area contributed by atoms with Crippen molar-refractivity contribution >= 4 is 27.3 Å². The quantitative estimate of drug-likeness (QED) is 0.900. The largest absolute Gasteiger partial charge is 0.341 e. The van der Waals surface area contributed by atoms with Crippen molar-refractivity contribution < 1.29 is 4.79 Å². The summed E-state index contributed by atoms with van der Waals surface area (Å²) in [6, 6.07) is 8.30. The van der Waals surface area contributed by atoms with Gasteiger partial charge in [0, 0.05) is 24.7 Å². The average Bonchev–Trinajstić information content (AvgIpc) is 2.79. The van der Waals surface area contributed by atoms with E-state index < -0.39 is 0 Å². The molecule has 0 saturated carbocycles. The molecule has 1 amide bonds. The first kappa shape index (κ1) is 13.1. The van der Waals surface area contributed by atoms with Crippen molar-refractivity contribution in [2.45, 2.75) is 19.4 Å². The van der Waals surface area contributed by atoms with Crippen LogP contribution in [0.25, 0.3) is 10.1 Å². The minimum atomic E-state index is 0.163. The fraction of sp³-hybridized carbons (Fsp3) is 0.357. The normalized spacial score (nSPS) is 10.8. The number of benzene rings is 1. The van der Waals surface area contributed by atoms with Crippen LogP contribution in [-0.4, -0.2) is 24.4 Å². The standard InChI is InChI=1S/C14H18N2OS/c1-16(14(17)7-4-8-15)9-11-10-18-13-6-3-2-5-12(11)13/h2-3,5-6,10H,4,7-9,15H2,1H3. The Morgan fingerprint density at radius 1 is 1.39 bits per heavy atom. The Morgan fingerprint density at radius 3 is 2.94 bits per heavy atom. The highest BCUT2D eigenvalue weighted by Gasteiger charge is 2.11. The van der Waals surface area contributed by atoms with Crippen molar-refractivity contribution in [3.05, 3.63) is 35.2 Å². The Morgan fingerprint density at radius 2 is 2.17 bits per heavy atom. The number of carbonyl (C=O) groups is 1. The Bertz CT molecular complexity index is 535. The second kappa shape index (κ2) is 5.98. The van der Waals surface area contributed by atoms with Gasteiger partial charge in [-0.15, -0.1) is 11.3 Å². The van der Waals surface area contributed by atoms with E-state index in [0.29, 0.717) is 19.5 Å². The zero-order valence-corrected chi connectivity index (χ0v) is 11.4. The van der Waals surface area contributed by atoms with Crippen LogP contribution in [0.15, 0.2) is 29.6 Å². The van der Waals surface area contributed by atoms with E-state index in [-0.39, 0.29) is 5.91 Å². The number of nitrogens with zero attached hydrogens (tertiary/aromatic N) is 1. The SMILES string of the molecule is CN(Cc1csc2ccccc12)C(=O)CCCN. The molecular weight excluding hydrogens is 244 g/mol. The first-order valence-electron chi connectivity index (χ1n) is 6.11. The first-order valence-corrected chi connectivity index (χ1v) is 6.99. The van der Waals surface area contributed by atoms with E-state index in [1.807, 2.05) is 19.2 Å². The third-order valence-corrected chi connectivity index (χ3v) is 4.00. The number of hydrogen-bond acceptors (Lipinski definition) is 3. The van der Waals surface area contributed by atoms with Gasteiger partial charge in [-0.05, 0) is 35.4 Å². The second-order valence-electron chi connectivity index (χ2n) is 4.40. The van der Waals surface area contributed by atoms with Crippen molar-refractivity contribution in [3.8, 4) is 0 Å². The molecule has 0 spiro atoms. The van der Waals surface area contributed by atoms with Gasteiger partial charge in [0.2, 0.25) is 5.91 Å². The minimum Gasteiger partial charge on any atom is -0.341 e. The molecule has 4 heteroatoms. The molecule has 0 atom stereocenters. The van der Waals surface area contributed by atoms with E-state index in [1.165, 1.54) is 15.6 Å². The van der Waals surface area contributed by atoms with Gasteiger partial charge in [-0.2, -0.15) is 0 Å². The maximum atomic E-state index is 11.8. The molecule has 3 nitrogen and oxygen atoms in total. The van der Waals surface area contributed by atoms with Crippen molar-refractivity contribution in [3.63, 3.8) is 0 Å². The van der Waals surface area contributed by atoms with Crippen molar-refractivity contribution in [1.82, 2.24) is 4.90 Å². The summed E-state index contributed by atoms with van der Waals surface area (Å²) in [7, 11) is 1.85. The lowest BCUT2D eigenvalue weighted by Gasteiger charge is -2.16. The van der Waals surface area contributed by atoms with E-state index in [1.54, 1.807) is 16.2 Å². The third-order valence-electron chi connectivity index (χ3n) is 2.99. The number of hydrogen-bond donors (Lipinski definition) is 1. The molecule has 0 radical (unpaired) electrons. The Balaban J connectivity index is 2.07. The summed E-state index contributed by atoms with van der Waals surface area (Å²) < 4.78 is 1.27. The van der Waals surface area contributed by atoms with E-state index >= 15 is 0 Å². The van der Waals surface area contributed by atoms with Crippen LogP contribution >= 0.6 is 11.3 Å². The molecule has 0 aliphatic carbocycles. The molecule has 1 heterocycles. The highest BCUT2D eigenvalue weighted by atomic mass is 32.1. The van der Waals surface area contributed by atoms with Gasteiger partial charge in [-0.25, -0.2) is 0 Å². The molecule has 1 aromatic heterocycles. The monoisotopic (exact) mass is 262 g/mol. The fourth-order valence-electron chi connectivity index (χ4n) is 1.94. The molecule has 2 N–H and O–H groups in total. The van der Waals surface area contributed by atoms with E-state index in [2.05, 4.69) is 17.5 Å². The van der Waals surface area contributed by atoms with Gasteiger partial charge in [0.15, 0.2) is 0 Å². The fourth-order valence-corrected chi connectivity index (χ4v) is 2.90. The maximum Gasteiger partial charge on any atom is 0.222 e. The maximum absolute atomic E-state index is 11.8. The molecule has 0 aliphatic rings. The van der Waals surface area contributed by atoms with Crippen LogP contribution in [0.2, 0.25) is 0 Å². The summed E-state index contributed by atoms with van der Waals surface area (Å²) in [5, 5.41) is 3.39. The molecule has 18 heavy (non-hydrogen) atoms. The van der Waals surface area contributed by atoms with E-state index in [4.69, 9.17) is 5.73 Å². The molecule has 2 aromatic rings. The number of rotatable bonds is 5. The smallest absolute Gasteiger partial charge is 0.222 e. The molecule has 96 valence electrons. The molecule has 0 fully saturated rings. The predicted octanol–water partition coefficient (Wildman–Crippen LogP) is 2.60. The molecule has 1 aromatic carbocycles. The molecule has 0 aliphatic heterocycles. The zero-order chi connectivity index (χ0) is 13.0. The van der Waals surface area contributed by atoms with Crippen LogP contribution in [0, 0.1) is 0 Å². The topological polar surface area (TPSA) is 46.3 Å². The number of nitrogens with two attached hydrogens (primary N) is 1. The van der Waals surface area contributed by atoms with Crippen molar-refractivity contribution in [1.29, 1.82) is 0 Å². The molecule has 0 saturated heterocycles. The Labute approximate surface area is 111 Å². The summed E-state index contributed by atoms with van der Waals surface area (Å²) in [6.45, 7) is 1.24. The Hall–Kier alpha value is -1.39. The number of thiophene rings is 1. The summed E-state index contributed by atoms with van der Waals surface area (Å²) in [5.41, 5.74) is 6.64. The average molecular weight is 262 g/mol. The number of carbonyl (C=O) groups excluding carboxylic acids is 1. The van der Waals surface area contributed by atoms with E-state index in [9.17, 15) is 4.79 Å². The molecule has 0 unspecified atom stereocenters. The summed E-state index contributed by atoms with van der Waals surface area (Å²) >= 11 is 1.73. The predicted molar refractivity (Wildman–Crippen MR) is 76.6 cm³/mol. The summed E-state index contributed by atoms with van der Waals surface area (Å²) in [6.07, 6.45) is 1.29. The molecule has 2 rings (SSSR count). The van der Waals surface area contributed by atoms with Gasteiger partial charge in [-0.3, -0.25) is 4.79 Å². The van der Waals surface area contributed by atoms with Crippen LogP contribution in [0.1, 0.15) is 18.4 Å². The van der Waals surface area contributed by atoms with Gasteiger partial charge in [0.05, 0.1) is 0 Å². The Kier molecular flexibility index (Phi) is 4.33. The van der Waals surface area contributed by atoms with E-state index in [0.717, 1.165) is 6.42 Å². The number of fused-ring (bicyclic) bond motifs is 1. The molecular formula is C14H18N2OS. The molecule has 0 bridgehead atoms. The third kappa shape index (κ3) is 2.89. The van der Waals surface area contributed by atoms with Gasteiger partial charge in [0.25, 0.3) is 0 Å². The van der Waals surface area contributed by atoms with Crippen LogP contribution in [0.5, 0.6) is 0 Å². The lowest BCUT2D eigenvalue weighted by Crippen LogP contribution is -2.26. The van der Waals surface area contributed by atoms with Gasteiger partial charge in [0.1, 0.15) is 0 Å². The summed E-state index contributed by atoms with van der Waals surface area (Å²) in [5.74, 6) is 0.163. The van der Waals surface area contributed by atoms with Crippen molar-refractivity contribution in [2.24, 2.45) is 5.73 Å². The second-order valence-corrected chi connectivity index (χ2v) is 5.31. The van der Waals surface area contributed by atoms with Gasteiger partial charge < -0.3 is 10.6 Å². The van der Waals surface area contributed by atoms with Gasteiger partial charge in [-0.1, -0.05) is 18.2 Å². The zero-order valence-electron chi connectivity index (χ0n) is 10.6. The van der Waals surface area contributed by atoms with Crippen molar-refractivity contribution in [2.75, 3.05) is 13.6 Å². The van der Waals surface area contributed by atoms with Crippen LogP contribution in [0.4, 0.5) is 0 Å². The highest BCUT2D eigenvalue weighted by Crippen LogP contribution is 2.26. The lowest BCUT2D eigenvalue weighted by molar-refractivity contribution is -0.130. The van der Waals surface area contributed by atoms with Gasteiger partial charge >= 0.3 is 0 Å². The summed E-state index contributed by atoms with van der Waals surface area (Å²) in [4.78, 5) is 13.6. The lowest BCUT2D eigenvalue weighted by atomic mass is 10.1. The minimum absolute atomic E-state index is 0.163. The van der Waals surface area contributed by atoms with Crippen LogP contribution < -0.4 is 5.73 Å². The number of amides is 1. The first-order chi connectivity index (χ1) is 8.72. The van der Waals surface area contributed by atoms with Crippen LogP contribution in [0.3, 0.4) is 0 Å². The highest BCUT2D eigenvalue weighted by molar-refractivity contribution is 7.17.